The maximum atomic E-state index is 5.87. The molecule has 146 valence electrons. The molecule has 0 bridgehead atoms. The average molecular weight is 370 g/mol. The van der Waals surface area contributed by atoms with E-state index in [9.17, 15) is 0 Å². The molecule has 4 nitrogen and oxygen atoms in total. The average Bonchev–Trinajstić information content (AvgIpc) is 3.19. The van der Waals surface area contributed by atoms with Gasteiger partial charge in [-0.1, -0.05) is 32.0 Å². The maximum absolute atomic E-state index is 5.87. The van der Waals surface area contributed by atoms with Crippen molar-refractivity contribution >= 4 is 5.69 Å². The van der Waals surface area contributed by atoms with Gasteiger partial charge in [0.15, 0.2) is 0 Å². The van der Waals surface area contributed by atoms with Gasteiger partial charge in [-0.15, -0.1) is 0 Å². The highest BCUT2D eigenvalue weighted by molar-refractivity contribution is 5.48. The molecule has 0 aromatic heterocycles. The first kappa shape index (κ1) is 19.6. The van der Waals surface area contributed by atoms with E-state index in [2.05, 4.69) is 37.4 Å². The third kappa shape index (κ3) is 6.79. The molecule has 0 aliphatic carbocycles. The van der Waals surface area contributed by atoms with Crippen LogP contribution in [0.1, 0.15) is 38.7 Å². The molecular formula is C23H31NO3. The zero-order valence-electron chi connectivity index (χ0n) is 16.4. The summed E-state index contributed by atoms with van der Waals surface area (Å²) in [6.45, 7) is 7.44. The van der Waals surface area contributed by atoms with E-state index < -0.39 is 0 Å². The summed E-state index contributed by atoms with van der Waals surface area (Å²) in [5.41, 5.74) is 2.27. The first-order chi connectivity index (χ1) is 13.2. The molecule has 1 atom stereocenters. The third-order valence-electron chi connectivity index (χ3n) is 4.68. The van der Waals surface area contributed by atoms with Gasteiger partial charge in [0, 0.05) is 24.9 Å². The van der Waals surface area contributed by atoms with E-state index in [1.165, 1.54) is 5.56 Å². The van der Waals surface area contributed by atoms with Crippen molar-refractivity contribution in [1.29, 1.82) is 0 Å². The van der Waals surface area contributed by atoms with Gasteiger partial charge in [-0.05, 0) is 55.0 Å². The minimum absolute atomic E-state index is 0.239. The monoisotopic (exact) mass is 369 g/mol. The van der Waals surface area contributed by atoms with Crippen LogP contribution in [0.3, 0.4) is 0 Å². The molecule has 0 radical (unpaired) electrons. The molecule has 1 aliphatic rings. The van der Waals surface area contributed by atoms with Crippen molar-refractivity contribution in [3.05, 3.63) is 54.1 Å². The summed E-state index contributed by atoms with van der Waals surface area (Å²) in [4.78, 5) is 0. The highest BCUT2D eigenvalue weighted by Gasteiger charge is 2.15. The molecular weight excluding hydrogens is 338 g/mol. The molecule has 27 heavy (non-hydrogen) atoms. The fraction of sp³-hybridized carbons (Fsp3) is 0.478. The zero-order chi connectivity index (χ0) is 18.9. The van der Waals surface area contributed by atoms with Gasteiger partial charge in [0.1, 0.15) is 18.1 Å². The van der Waals surface area contributed by atoms with Gasteiger partial charge in [0.05, 0.1) is 12.7 Å². The lowest BCUT2D eigenvalue weighted by Crippen LogP contribution is -2.16. The van der Waals surface area contributed by atoms with Crippen molar-refractivity contribution in [2.75, 3.05) is 25.1 Å². The molecule has 1 fully saturated rings. The van der Waals surface area contributed by atoms with Crippen LogP contribution in [-0.4, -0.2) is 25.9 Å². The quantitative estimate of drug-likeness (QED) is 0.618. The number of rotatable bonds is 10. The summed E-state index contributed by atoms with van der Waals surface area (Å²) in [7, 11) is 0. The van der Waals surface area contributed by atoms with Gasteiger partial charge in [-0.3, -0.25) is 0 Å². The van der Waals surface area contributed by atoms with E-state index in [1.54, 1.807) is 0 Å². The van der Waals surface area contributed by atoms with Gasteiger partial charge >= 0.3 is 0 Å². The first-order valence-electron chi connectivity index (χ1n) is 9.99. The summed E-state index contributed by atoms with van der Waals surface area (Å²) in [6.07, 6.45) is 3.55. The van der Waals surface area contributed by atoms with Crippen LogP contribution in [-0.2, 0) is 11.3 Å². The van der Waals surface area contributed by atoms with Gasteiger partial charge in [0.2, 0.25) is 0 Å². The van der Waals surface area contributed by atoms with Crippen LogP contribution < -0.4 is 14.8 Å². The van der Waals surface area contributed by atoms with E-state index in [0.29, 0.717) is 12.5 Å². The Morgan fingerprint density at radius 3 is 2.67 bits per heavy atom. The lowest BCUT2D eigenvalue weighted by Gasteiger charge is -2.13. The standard InChI is InChI=1S/C23H31NO3/c1-18(2)12-14-26-21-10-8-19(9-11-21)16-24-20-5-3-6-22(15-20)27-17-23-7-4-13-25-23/h3,5-6,8-11,15,18,23-24H,4,7,12-14,16-17H2,1-2H3. The largest absolute Gasteiger partial charge is 0.494 e. The molecule has 0 amide bonds. The Hall–Kier alpha value is -2.20. The van der Waals surface area contributed by atoms with Crippen molar-refractivity contribution < 1.29 is 14.2 Å². The van der Waals surface area contributed by atoms with Crippen LogP contribution in [0.2, 0.25) is 0 Å². The van der Waals surface area contributed by atoms with Crippen molar-refractivity contribution in [2.45, 2.75) is 45.8 Å². The Kier molecular flexibility index (Phi) is 7.40. The van der Waals surface area contributed by atoms with E-state index in [1.807, 2.05) is 30.3 Å². The second kappa shape index (κ2) is 10.2. The Morgan fingerprint density at radius 1 is 1.07 bits per heavy atom. The van der Waals surface area contributed by atoms with Gasteiger partial charge in [0.25, 0.3) is 0 Å². The van der Waals surface area contributed by atoms with E-state index in [-0.39, 0.29) is 6.10 Å². The smallest absolute Gasteiger partial charge is 0.121 e. The molecule has 1 aliphatic heterocycles. The predicted octanol–water partition coefficient (Wildman–Crippen LogP) is 5.28. The van der Waals surface area contributed by atoms with Gasteiger partial charge in [-0.25, -0.2) is 0 Å². The number of benzene rings is 2. The summed E-state index contributed by atoms with van der Waals surface area (Å²) in [5, 5.41) is 3.45. The van der Waals surface area contributed by atoms with Crippen molar-refractivity contribution in [3.63, 3.8) is 0 Å². The molecule has 1 unspecified atom stereocenters. The SMILES string of the molecule is CC(C)CCOc1ccc(CNc2cccc(OCC3CCCO3)c2)cc1. The molecule has 4 heteroatoms. The van der Waals surface area contributed by atoms with E-state index in [4.69, 9.17) is 14.2 Å². The third-order valence-corrected chi connectivity index (χ3v) is 4.68. The van der Waals surface area contributed by atoms with Crippen LogP contribution in [0.4, 0.5) is 5.69 Å². The molecule has 2 aromatic rings. The Bertz CT molecular complexity index is 678. The van der Waals surface area contributed by atoms with Crippen molar-refractivity contribution in [3.8, 4) is 11.5 Å². The lowest BCUT2D eigenvalue weighted by molar-refractivity contribution is 0.0680. The van der Waals surface area contributed by atoms with Crippen LogP contribution >= 0.6 is 0 Å². The highest BCUT2D eigenvalue weighted by atomic mass is 16.5. The normalized spacial score (nSPS) is 16.5. The second-order valence-electron chi connectivity index (χ2n) is 7.50. The van der Waals surface area contributed by atoms with Crippen LogP contribution in [0, 0.1) is 5.92 Å². The molecule has 1 N–H and O–H groups in total. The minimum atomic E-state index is 0.239. The predicted molar refractivity (Wildman–Crippen MR) is 110 cm³/mol. The Labute approximate surface area is 162 Å². The molecule has 1 saturated heterocycles. The molecule has 2 aromatic carbocycles. The molecule has 0 spiro atoms. The van der Waals surface area contributed by atoms with E-state index in [0.717, 1.165) is 56.2 Å². The van der Waals surface area contributed by atoms with E-state index >= 15 is 0 Å². The molecule has 0 saturated carbocycles. The fourth-order valence-corrected chi connectivity index (χ4v) is 2.98. The van der Waals surface area contributed by atoms with Crippen molar-refractivity contribution in [1.82, 2.24) is 0 Å². The number of ether oxygens (including phenoxy) is 3. The first-order valence-corrected chi connectivity index (χ1v) is 9.99. The summed E-state index contributed by atoms with van der Waals surface area (Å²) in [5.74, 6) is 2.48. The molecule has 3 rings (SSSR count). The number of anilines is 1. The van der Waals surface area contributed by atoms with Gasteiger partial charge < -0.3 is 19.5 Å². The molecule has 1 heterocycles. The van der Waals surface area contributed by atoms with Crippen LogP contribution in [0.25, 0.3) is 0 Å². The minimum Gasteiger partial charge on any atom is -0.494 e. The van der Waals surface area contributed by atoms with Crippen molar-refractivity contribution in [2.24, 2.45) is 5.92 Å². The van der Waals surface area contributed by atoms with Crippen LogP contribution in [0.15, 0.2) is 48.5 Å². The number of nitrogens with one attached hydrogen (secondary N) is 1. The van der Waals surface area contributed by atoms with Crippen LogP contribution in [0.5, 0.6) is 11.5 Å². The maximum Gasteiger partial charge on any atom is 0.121 e. The zero-order valence-corrected chi connectivity index (χ0v) is 16.4. The summed E-state index contributed by atoms with van der Waals surface area (Å²) >= 11 is 0. The Morgan fingerprint density at radius 2 is 1.93 bits per heavy atom. The summed E-state index contributed by atoms with van der Waals surface area (Å²) < 4.78 is 17.2. The number of hydrogen-bond donors (Lipinski definition) is 1. The van der Waals surface area contributed by atoms with Gasteiger partial charge in [-0.2, -0.15) is 0 Å². The second-order valence-corrected chi connectivity index (χ2v) is 7.50. The summed E-state index contributed by atoms with van der Waals surface area (Å²) in [6, 6.07) is 16.4. The lowest BCUT2D eigenvalue weighted by atomic mass is 10.1. The highest BCUT2D eigenvalue weighted by Crippen LogP contribution is 2.21. The number of hydrogen-bond acceptors (Lipinski definition) is 4. The fourth-order valence-electron chi connectivity index (χ4n) is 2.98. The Balaban J connectivity index is 1.44. The topological polar surface area (TPSA) is 39.7 Å².